The van der Waals surface area contributed by atoms with Crippen molar-refractivity contribution in [2.24, 2.45) is 0 Å². The Hall–Kier alpha value is -0.870. The number of thioether (sulfide) groups is 1. The van der Waals surface area contributed by atoms with Crippen LogP contribution in [0.2, 0.25) is 0 Å². The van der Waals surface area contributed by atoms with Gasteiger partial charge in [0.15, 0.2) is 11.5 Å². The van der Waals surface area contributed by atoms with Gasteiger partial charge >= 0.3 is 0 Å². The molecule has 0 aromatic heterocycles. The first-order valence-corrected chi connectivity index (χ1v) is 7.45. The Morgan fingerprint density at radius 2 is 1.83 bits per heavy atom. The van der Waals surface area contributed by atoms with Gasteiger partial charge in [0.2, 0.25) is 0 Å². The van der Waals surface area contributed by atoms with Crippen molar-refractivity contribution in [3.05, 3.63) is 18.2 Å². The molecule has 1 aliphatic heterocycles. The highest BCUT2D eigenvalue weighted by atomic mass is 32.2. The fourth-order valence-electron chi connectivity index (χ4n) is 2.49. The lowest BCUT2D eigenvalue weighted by molar-refractivity contribution is 0.137. The maximum atomic E-state index is 9.99. The van der Waals surface area contributed by atoms with Crippen LogP contribution in [-0.4, -0.2) is 29.7 Å². The van der Waals surface area contributed by atoms with Crippen LogP contribution in [0, 0.1) is 0 Å². The van der Waals surface area contributed by atoms with Crippen molar-refractivity contribution in [3.8, 4) is 11.5 Å². The number of aliphatic hydroxyl groups is 1. The molecule has 1 N–H and O–H groups in total. The smallest absolute Gasteiger partial charge is 0.162 e. The lowest BCUT2D eigenvalue weighted by atomic mass is 9.97. The topological polar surface area (TPSA) is 38.7 Å². The molecule has 1 aromatic carbocycles. The molecule has 18 heavy (non-hydrogen) atoms. The molecule has 2 aliphatic rings. The number of hydrogen-bond donors (Lipinski definition) is 1. The minimum absolute atomic E-state index is 0.169. The first-order chi connectivity index (χ1) is 8.83. The van der Waals surface area contributed by atoms with Crippen LogP contribution in [-0.2, 0) is 0 Å². The Morgan fingerprint density at radius 1 is 1.06 bits per heavy atom. The number of aliphatic hydroxyl groups excluding tert-OH is 1. The molecule has 3 rings (SSSR count). The molecule has 0 amide bonds. The van der Waals surface area contributed by atoms with Crippen LogP contribution >= 0.6 is 11.8 Å². The SMILES string of the molecule is O[C@@H]1CCCC[C@H]1Sc1ccc2c(c1)OCCO2. The Kier molecular flexibility index (Phi) is 3.66. The summed E-state index contributed by atoms with van der Waals surface area (Å²) in [6.45, 7) is 1.24. The molecule has 3 nitrogen and oxygen atoms in total. The Bertz CT molecular complexity index is 422. The van der Waals surface area contributed by atoms with E-state index < -0.39 is 0 Å². The molecular formula is C14H18O3S. The molecule has 1 heterocycles. The zero-order valence-electron chi connectivity index (χ0n) is 10.3. The summed E-state index contributed by atoms with van der Waals surface area (Å²) in [5.41, 5.74) is 0. The number of fused-ring (bicyclic) bond motifs is 1. The van der Waals surface area contributed by atoms with Crippen LogP contribution in [0.15, 0.2) is 23.1 Å². The molecule has 0 spiro atoms. The molecule has 1 saturated carbocycles. The number of hydrogen-bond acceptors (Lipinski definition) is 4. The number of benzene rings is 1. The number of ether oxygens (including phenoxy) is 2. The van der Waals surface area contributed by atoms with E-state index >= 15 is 0 Å². The standard InChI is InChI=1S/C14H18O3S/c15-11-3-1-2-4-14(11)18-10-5-6-12-13(9-10)17-8-7-16-12/h5-6,9,11,14-15H,1-4,7-8H2/t11-,14-/m1/s1. The van der Waals surface area contributed by atoms with E-state index in [-0.39, 0.29) is 6.10 Å². The predicted octanol–water partition coefficient (Wildman–Crippen LogP) is 2.85. The van der Waals surface area contributed by atoms with E-state index in [1.165, 1.54) is 6.42 Å². The second-order valence-corrected chi connectivity index (χ2v) is 6.13. The summed E-state index contributed by atoms with van der Waals surface area (Å²) in [5.74, 6) is 1.66. The molecule has 0 bridgehead atoms. The van der Waals surface area contributed by atoms with E-state index in [0.29, 0.717) is 18.5 Å². The van der Waals surface area contributed by atoms with Crippen LogP contribution in [0.3, 0.4) is 0 Å². The van der Waals surface area contributed by atoms with Gasteiger partial charge in [0.05, 0.1) is 6.10 Å². The van der Waals surface area contributed by atoms with Crippen molar-refractivity contribution >= 4 is 11.8 Å². The fourth-order valence-corrected chi connectivity index (χ4v) is 3.74. The molecule has 4 heteroatoms. The van der Waals surface area contributed by atoms with Crippen LogP contribution in [0.5, 0.6) is 11.5 Å². The van der Waals surface area contributed by atoms with E-state index in [4.69, 9.17) is 9.47 Å². The van der Waals surface area contributed by atoms with E-state index in [1.54, 1.807) is 11.8 Å². The lowest BCUT2D eigenvalue weighted by Gasteiger charge is -2.27. The quantitative estimate of drug-likeness (QED) is 0.893. The summed E-state index contributed by atoms with van der Waals surface area (Å²) >= 11 is 1.76. The van der Waals surface area contributed by atoms with Crippen molar-refractivity contribution < 1.29 is 14.6 Å². The van der Waals surface area contributed by atoms with Gasteiger partial charge < -0.3 is 14.6 Å². The average molecular weight is 266 g/mol. The van der Waals surface area contributed by atoms with Crippen molar-refractivity contribution in [1.82, 2.24) is 0 Å². The van der Waals surface area contributed by atoms with Crippen LogP contribution in [0.4, 0.5) is 0 Å². The van der Waals surface area contributed by atoms with Crippen molar-refractivity contribution in [2.75, 3.05) is 13.2 Å². The average Bonchev–Trinajstić information content (AvgIpc) is 2.41. The molecular weight excluding hydrogens is 248 g/mol. The predicted molar refractivity (Wildman–Crippen MR) is 71.6 cm³/mol. The molecule has 0 unspecified atom stereocenters. The zero-order chi connectivity index (χ0) is 12.4. The Morgan fingerprint density at radius 3 is 2.67 bits per heavy atom. The zero-order valence-corrected chi connectivity index (χ0v) is 11.1. The summed E-state index contributed by atoms with van der Waals surface area (Å²) in [4.78, 5) is 1.16. The largest absolute Gasteiger partial charge is 0.486 e. The van der Waals surface area contributed by atoms with Gasteiger partial charge in [0.25, 0.3) is 0 Å². The van der Waals surface area contributed by atoms with Gasteiger partial charge in [-0.3, -0.25) is 0 Å². The van der Waals surface area contributed by atoms with Crippen LogP contribution < -0.4 is 9.47 Å². The van der Waals surface area contributed by atoms with E-state index in [9.17, 15) is 5.11 Å². The maximum Gasteiger partial charge on any atom is 0.162 e. The fraction of sp³-hybridized carbons (Fsp3) is 0.571. The monoisotopic (exact) mass is 266 g/mol. The highest BCUT2D eigenvalue weighted by Gasteiger charge is 2.24. The molecule has 0 radical (unpaired) electrons. The van der Waals surface area contributed by atoms with Gasteiger partial charge in [-0.15, -0.1) is 11.8 Å². The molecule has 1 aromatic rings. The lowest BCUT2D eigenvalue weighted by Crippen LogP contribution is -2.26. The van der Waals surface area contributed by atoms with Crippen molar-refractivity contribution in [3.63, 3.8) is 0 Å². The molecule has 0 saturated heterocycles. The third-order valence-corrected chi connectivity index (χ3v) is 4.85. The summed E-state index contributed by atoms with van der Waals surface area (Å²) in [5, 5.41) is 10.3. The maximum absolute atomic E-state index is 9.99. The van der Waals surface area contributed by atoms with Gasteiger partial charge in [-0.2, -0.15) is 0 Å². The minimum atomic E-state index is -0.169. The summed E-state index contributed by atoms with van der Waals surface area (Å²) in [6.07, 6.45) is 4.23. The first-order valence-electron chi connectivity index (χ1n) is 6.57. The van der Waals surface area contributed by atoms with Gasteiger partial charge in [-0.05, 0) is 31.0 Å². The highest BCUT2D eigenvalue weighted by Crippen LogP contribution is 2.38. The first kappa shape index (κ1) is 12.2. The van der Waals surface area contributed by atoms with Crippen LogP contribution in [0.25, 0.3) is 0 Å². The van der Waals surface area contributed by atoms with Gasteiger partial charge in [-0.1, -0.05) is 12.8 Å². The Balaban J connectivity index is 1.72. The Labute approximate surface area is 111 Å². The number of rotatable bonds is 2. The second kappa shape index (κ2) is 5.41. The van der Waals surface area contributed by atoms with Crippen LogP contribution in [0.1, 0.15) is 25.7 Å². The third kappa shape index (κ3) is 2.59. The summed E-state index contributed by atoms with van der Waals surface area (Å²) in [7, 11) is 0. The normalized spacial score (nSPS) is 26.9. The van der Waals surface area contributed by atoms with Crippen molar-refractivity contribution in [2.45, 2.75) is 41.9 Å². The highest BCUT2D eigenvalue weighted by molar-refractivity contribution is 8.00. The van der Waals surface area contributed by atoms with E-state index in [2.05, 4.69) is 6.07 Å². The van der Waals surface area contributed by atoms with E-state index in [0.717, 1.165) is 35.7 Å². The molecule has 1 fully saturated rings. The second-order valence-electron chi connectivity index (χ2n) is 4.81. The third-order valence-electron chi connectivity index (χ3n) is 3.47. The van der Waals surface area contributed by atoms with Gasteiger partial charge in [0.1, 0.15) is 13.2 Å². The summed E-state index contributed by atoms with van der Waals surface area (Å²) < 4.78 is 11.1. The van der Waals surface area contributed by atoms with Crippen molar-refractivity contribution in [1.29, 1.82) is 0 Å². The van der Waals surface area contributed by atoms with Gasteiger partial charge in [-0.25, -0.2) is 0 Å². The van der Waals surface area contributed by atoms with Gasteiger partial charge in [0, 0.05) is 10.1 Å². The minimum Gasteiger partial charge on any atom is -0.486 e. The molecule has 1 aliphatic carbocycles. The van der Waals surface area contributed by atoms with E-state index in [1.807, 2.05) is 12.1 Å². The molecule has 2 atom stereocenters. The summed E-state index contributed by atoms with van der Waals surface area (Å²) in [6, 6.07) is 6.05. The molecule has 98 valence electrons.